The summed E-state index contributed by atoms with van der Waals surface area (Å²) in [5.41, 5.74) is 1.55. The Morgan fingerprint density at radius 3 is 2.65 bits per heavy atom. The molecule has 1 heterocycles. The number of carbonyl (C=O) groups excluding carboxylic acids is 2. The second-order valence-electron chi connectivity index (χ2n) is 6.25. The van der Waals surface area contributed by atoms with Gasteiger partial charge in [0.25, 0.3) is 11.8 Å². The number of nitrogens with one attached hydrogen (secondary N) is 1. The highest BCUT2D eigenvalue weighted by atomic mass is 19.1. The zero-order valence-corrected chi connectivity index (χ0v) is 14.8. The van der Waals surface area contributed by atoms with Gasteiger partial charge in [-0.2, -0.15) is 0 Å². The number of hydrogen-bond acceptors (Lipinski definition) is 3. The van der Waals surface area contributed by atoms with E-state index in [1.54, 1.807) is 30.0 Å². The molecular weight excluding hydrogens is 335 g/mol. The first-order valence-electron chi connectivity index (χ1n) is 8.68. The highest BCUT2D eigenvalue weighted by molar-refractivity contribution is 6.05. The third kappa shape index (κ3) is 3.69. The molecule has 0 radical (unpaired) electrons. The molecular formula is C20H21FN2O3. The largest absolute Gasteiger partial charge is 0.479 e. The van der Waals surface area contributed by atoms with Crippen molar-refractivity contribution in [2.45, 2.75) is 32.8 Å². The summed E-state index contributed by atoms with van der Waals surface area (Å²) in [4.78, 5) is 26.5. The number of nitrogens with zero attached hydrogens (tertiary/aromatic N) is 1. The zero-order chi connectivity index (χ0) is 18.7. The van der Waals surface area contributed by atoms with Gasteiger partial charge in [0.2, 0.25) is 0 Å². The number of hydrogen-bond donors (Lipinski definition) is 1. The molecule has 0 fully saturated rings. The molecule has 2 aromatic carbocycles. The van der Waals surface area contributed by atoms with Gasteiger partial charge in [0.05, 0.1) is 5.69 Å². The highest BCUT2D eigenvalue weighted by Gasteiger charge is 2.31. The number of carbonyl (C=O) groups is 2. The Labute approximate surface area is 151 Å². The van der Waals surface area contributed by atoms with Crippen LogP contribution >= 0.6 is 0 Å². The molecule has 1 aliphatic heterocycles. The summed E-state index contributed by atoms with van der Waals surface area (Å²) in [6, 6.07) is 10.5. The molecule has 0 spiro atoms. The van der Waals surface area contributed by atoms with Crippen LogP contribution in [0, 0.1) is 5.82 Å². The van der Waals surface area contributed by atoms with Gasteiger partial charge in [-0.25, -0.2) is 4.39 Å². The Balaban J connectivity index is 1.84. The van der Waals surface area contributed by atoms with Crippen LogP contribution in [0.1, 0.15) is 37.0 Å². The third-order valence-corrected chi connectivity index (χ3v) is 4.27. The van der Waals surface area contributed by atoms with E-state index in [1.165, 1.54) is 24.3 Å². The molecule has 2 aromatic rings. The molecule has 0 aliphatic carbocycles. The summed E-state index contributed by atoms with van der Waals surface area (Å²) in [5.74, 6) is -0.214. The molecule has 1 unspecified atom stereocenters. The molecule has 5 nitrogen and oxygen atoms in total. The first kappa shape index (κ1) is 17.9. The van der Waals surface area contributed by atoms with E-state index in [-0.39, 0.29) is 11.8 Å². The van der Waals surface area contributed by atoms with Gasteiger partial charge >= 0.3 is 0 Å². The predicted octanol–water partition coefficient (Wildman–Crippen LogP) is 3.99. The highest BCUT2D eigenvalue weighted by Crippen LogP contribution is 2.36. The van der Waals surface area contributed by atoms with Crippen LogP contribution in [0.25, 0.3) is 0 Å². The van der Waals surface area contributed by atoms with Crippen molar-refractivity contribution in [2.24, 2.45) is 0 Å². The first-order chi connectivity index (χ1) is 12.5. The van der Waals surface area contributed by atoms with Gasteiger partial charge in [0, 0.05) is 17.8 Å². The SMILES string of the molecule is CCCCN1C(=O)C(C)Oc2ccc(NC(=O)c3ccc(F)cc3)cc21. The molecule has 1 atom stereocenters. The molecule has 0 saturated heterocycles. The normalized spacial score (nSPS) is 16.0. The Bertz CT molecular complexity index is 820. The van der Waals surface area contributed by atoms with Gasteiger partial charge in [-0.15, -0.1) is 0 Å². The maximum absolute atomic E-state index is 13.0. The number of unbranched alkanes of at least 4 members (excludes halogenated alkanes) is 1. The lowest BCUT2D eigenvalue weighted by Gasteiger charge is -2.33. The number of benzene rings is 2. The lowest BCUT2D eigenvalue weighted by Crippen LogP contribution is -2.44. The number of fused-ring (bicyclic) bond motifs is 1. The molecule has 3 rings (SSSR count). The zero-order valence-electron chi connectivity index (χ0n) is 14.8. The first-order valence-corrected chi connectivity index (χ1v) is 8.68. The number of ether oxygens (including phenoxy) is 1. The molecule has 0 aromatic heterocycles. The van der Waals surface area contributed by atoms with Crippen LogP contribution in [-0.2, 0) is 4.79 Å². The van der Waals surface area contributed by atoms with Crippen LogP contribution in [0.2, 0.25) is 0 Å². The van der Waals surface area contributed by atoms with E-state index in [2.05, 4.69) is 12.2 Å². The molecule has 1 aliphatic rings. The fraction of sp³-hybridized carbons (Fsp3) is 0.300. The summed E-state index contributed by atoms with van der Waals surface area (Å²) in [7, 11) is 0. The van der Waals surface area contributed by atoms with Crippen LogP contribution in [0.4, 0.5) is 15.8 Å². The van der Waals surface area contributed by atoms with Crippen molar-refractivity contribution in [3.05, 3.63) is 53.8 Å². The molecule has 2 amide bonds. The van der Waals surface area contributed by atoms with E-state index in [9.17, 15) is 14.0 Å². The molecule has 0 bridgehead atoms. The van der Waals surface area contributed by atoms with Crippen molar-refractivity contribution in [2.75, 3.05) is 16.8 Å². The van der Waals surface area contributed by atoms with Crippen molar-refractivity contribution < 1.29 is 18.7 Å². The van der Waals surface area contributed by atoms with Crippen molar-refractivity contribution in [3.8, 4) is 5.75 Å². The molecule has 6 heteroatoms. The number of amides is 2. The maximum Gasteiger partial charge on any atom is 0.267 e. The Morgan fingerprint density at radius 2 is 1.96 bits per heavy atom. The van der Waals surface area contributed by atoms with E-state index in [0.29, 0.717) is 29.2 Å². The standard InChI is InChI=1S/C20H21FN2O3/c1-3-4-11-23-17-12-16(9-10-18(17)26-13(2)20(23)25)22-19(24)14-5-7-15(21)8-6-14/h5-10,12-13H,3-4,11H2,1-2H3,(H,22,24). The van der Waals surface area contributed by atoms with Gasteiger partial charge in [-0.3, -0.25) is 9.59 Å². The minimum absolute atomic E-state index is 0.0899. The summed E-state index contributed by atoms with van der Waals surface area (Å²) in [6.45, 7) is 4.40. The second kappa shape index (κ2) is 7.56. The van der Waals surface area contributed by atoms with Crippen molar-refractivity contribution >= 4 is 23.2 Å². The van der Waals surface area contributed by atoms with E-state index >= 15 is 0 Å². The van der Waals surface area contributed by atoms with Crippen molar-refractivity contribution in [1.82, 2.24) is 0 Å². The summed E-state index contributed by atoms with van der Waals surface area (Å²) in [6.07, 6.45) is 1.32. The van der Waals surface area contributed by atoms with Crippen LogP contribution in [0.3, 0.4) is 0 Å². The molecule has 136 valence electrons. The fourth-order valence-electron chi connectivity index (χ4n) is 2.84. The third-order valence-electron chi connectivity index (χ3n) is 4.27. The van der Waals surface area contributed by atoms with Crippen molar-refractivity contribution in [3.63, 3.8) is 0 Å². The maximum atomic E-state index is 13.0. The molecule has 0 saturated carbocycles. The lowest BCUT2D eigenvalue weighted by molar-refractivity contribution is -0.125. The Morgan fingerprint density at radius 1 is 1.23 bits per heavy atom. The predicted molar refractivity (Wildman–Crippen MR) is 98.1 cm³/mol. The average molecular weight is 356 g/mol. The van der Waals surface area contributed by atoms with Crippen LogP contribution in [-0.4, -0.2) is 24.5 Å². The van der Waals surface area contributed by atoms with E-state index in [4.69, 9.17) is 4.74 Å². The molecule has 26 heavy (non-hydrogen) atoms. The average Bonchev–Trinajstić information content (AvgIpc) is 2.63. The van der Waals surface area contributed by atoms with Crippen molar-refractivity contribution in [1.29, 1.82) is 0 Å². The second-order valence-corrected chi connectivity index (χ2v) is 6.25. The fourth-order valence-corrected chi connectivity index (χ4v) is 2.84. The lowest BCUT2D eigenvalue weighted by atomic mass is 10.1. The van der Waals surface area contributed by atoms with Crippen LogP contribution in [0.15, 0.2) is 42.5 Å². The van der Waals surface area contributed by atoms with Gasteiger partial charge in [0.15, 0.2) is 6.10 Å². The summed E-state index contributed by atoms with van der Waals surface area (Å²) >= 11 is 0. The van der Waals surface area contributed by atoms with Crippen LogP contribution in [0.5, 0.6) is 5.75 Å². The van der Waals surface area contributed by atoms with Gasteiger partial charge in [-0.1, -0.05) is 13.3 Å². The monoisotopic (exact) mass is 356 g/mol. The summed E-state index contributed by atoms with van der Waals surface area (Å²) < 4.78 is 18.7. The molecule has 1 N–H and O–H groups in total. The topological polar surface area (TPSA) is 58.6 Å². The number of anilines is 2. The van der Waals surface area contributed by atoms with Gasteiger partial charge < -0.3 is 15.0 Å². The Kier molecular flexibility index (Phi) is 5.21. The van der Waals surface area contributed by atoms with E-state index < -0.39 is 11.9 Å². The smallest absolute Gasteiger partial charge is 0.267 e. The Hall–Kier alpha value is -2.89. The van der Waals surface area contributed by atoms with E-state index in [0.717, 1.165) is 12.8 Å². The van der Waals surface area contributed by atoms with E-state index in [1.807, 2.05) is 0 Å². The number of rotatable bonds is 5. The van der Waals surface area contributed by atoms with Crippen LogP contribution < -0.4 is 15.0 Å². The minimum Gasteiger partial charge on any atom is -0.479 e. The minimum atomic E-state index is -0.529. The quantitative estimate of drug-likeness (QED) is 0.881. The summed E-state index contributed by atoms with van der Waals surface area (Å²) in [5, 5.41) is 2.78. The van der Waals surface area contributed by atoms with Gasteiger partial charge in [-0.05, 0) is 55.8 Å². The van der Waals surface area contributed by atoms with Gasteiger partial charge in [0.1, 0.15) is 11.6 Å². The number of halogens is 1.